The van der Waals surface area contributed by atoms with Crippen LogP contribution in [0.4, 0.5) is 4.39 Å². The lowest BCUT2D eigenvalue weighted by molar-refractivity contribution is 0.293. The normalized spacial score (nSPS) is 20.8. The summed E-state index contributed by atoms with van der Waals surface area (Å²) in [6.45, 7) is 2.28. The summed E-state index contributed by atoms with van der Waals surface area (Å²) in [5.74, 6) is 7.90. The molecule has 23 heavy (non-hydrogen) atoms. The van der Waals surface area contributed by atoms with E-state index >= 15 is 0 Å². The van der Waals surface area contributed by atoms with Gasteiger partial charge in [0.05, 0.1) is 0 Å². The molecule has 0 amide bonds. The van der Waals surface area contributed by atoms with Gasteiger partial charge in [-0.15, -0.1) is 0 Å². The summed E-state index contributed by atoms with van der Waals surface area (Å²) in [5.41, 5.74) is 0.931. The lowest BCUT2D eigenvalue weighted by Crippen LogP contribution is -2.13. The Hall–Kier alpha value is -1.29. The molecule has 1 aromatic carbocycles. The third-order valence-electron chi connectivity index (χ3n) is 5.08. The van der Waals surface area contributed by atoms with E-state index < -0.39 is 0 Å². The lowest BCUT2D eigenvalue weighted by atomic mass is 9.80. The highest BCUT2D eigenvalue weighted by atomic mass is 19.1. The topological polar surface area (TPSA) is 0 Å². The Labute approximate surface area is 141 Å². The smallest absolute Gasteiger partial charge is 0.123 e. The van der Waals surface area contributed by atoms with E-state index in [1.807, 2.05) is 0 Å². The SMILES string of the molecule is CCCCCCCC[C@H]1CC[C@H](C#Cc2ccc(F)cc2)CC1. The second-order valence-electron chi connectivity index (χ2n) is 7.05. The summed E-state index contributed by atoms with van der Waals surface area (Å²) < 4.78 is 12.9. The minimum Gasteiger partial charge on any atom is -0.207 e. The maximum absolute atomic E-state index is 12.9. The van der Waals surface area contributed by atoms with Gasteiger partial charge in [0.2, 0.25) is 0 Å². The van der Waals surface area contributed by atoms with Crippen LogP contribution in [0.15, 0.2) is 24.3 Å². The number of benzene rings is 1. The Morgan fingerprint density at radius 3 is 2.26 bits per heavy atom. The van der Waals surface area contributed by atoms with Crippen LogP contribution in [0.5, 0.6) is 0 Å². The van der Waals surface area contributed by atoms with Gasteiger partial charge in [-0.3, -0.25) is 0 Å². The molecule has 1 heteroatoms. The molecule has 1 aromatic rings. The van der Waals surface area contributed by atoms with E-state index in [2.05, 4.69) is 18.8 Å². The third kappa shape index (κ3) is 7.21. The predicted molar refractivity (Wildman–Crippen MR) is 96.7 cm³/mol. The Balaban J connectivity index is 1.61. The largest absolute Gasteiger partial charge is 0.207 e. The van der Waals surface area contributed by atoms with Crippen LogP contribution in [0.1, 0.15) is 83.1 Å². The van der Waals surface area contributed by atoms with Crippen molar-refractivity contribution in [3.63, 3.8) is 0 Å². The zero-order valence-corrected chi connectivity index (χ0v) is 14.6. The summed E-state index contributed by atoms with van der Waals surface area (Å²) in [6.07, 6.45) is 15.0. The van der Waals surface area contributed by atoms with Crippen molar-refractivity contribution in [1.29, 1.82) is 0 Å². The van der Waals surface area contributed by atoms with E-state index in [9.17, 15) is 4.39 Å². The van der Waals surface area contributed by atoms with Crippen molar-refractivity contribution in [3.8, 4) is 11.8 Å². The molecule has 0 bridgehead atoms. The van der Waals surface area contributed by atoms with Crippen LogP contribution in [0.3, 0.4) is 0 Å². The van der Waals surface area contributed by atoms with Gasteiger partial charge >= 0.3 is 0 Å². The summed E-state index contributed by atoms with van der Waals surface area (Å²) in [4.78, 5) is 0. The predicted octanol–water partition coefficient (Wildman–Crippen LogP) is 6.73. The Bertz CT molecular complexity index is 483. The number of halogens is 1. The van der Waals surface area contributed by atoms with Crippen LogP contribution >= 0.6 is 0 Å². The van der Waals surface area contributed by atoms with E-state index in [0.29, 0.717) is 5.92 Å². The first-order valence-electron chi connectivity index (χ1n) is 9.55. The standard InChI is InChI=1S/C22H31F/c1-2-3-4-5-6-7-8-19-9-11-20(12-10-19)13-14-21-15-17-22(23)18-16-21/h15-20H,2-12H2,1H3/t19-,20-. The molecule has 0 atom stereocenters. The Morgan fingerprint density at radius 1 is 0.913 bits per heavy atom. The molecule has 0 aliphatic heterocycles. The van der Waals surface area contributed by atoms with Crippen molar-refractivity contribution in [2.75, 3.05) is 0 Å². The minimum absolute atomic E-state index is 0.189. The Kier molecular flexibility index (Phi) is 8.23. The summed E-state index contributed by atoms with van der Waals surface area (Å²) in [6, 6.07) is 6.52. The Morgan fingerprint density at radius 2 is 1.57 bits per heavy atom. The van der Waals surface area contributed by atoms with Gasteiger partial charge in [0, 0.05) is 11.5 Å². The van der Waals surface area contributed by atoms with Crippen molar-refractivity contribution >= 4 is 0 Å². The molecule has 2 rings (SSSR count). The zero-order valence-electron chi connectivity index (χ0n) is 14.6. The number of unbranched alkanes of at least 4 members (excludes halogenated alkanes) is 5. The van der Waals surface area contributed by atoms with Crippen LogP contribution < -0.4 is 0 Å². The lowest BCUT2D eigenvalue weighted by Gasteiger charge is -2.25. The van der Waals surface area contributed by atoms with Crippen LogP contribution in [0, 0.1) is 29.5 Å². The van der Waals surface area contributed by atoms with E-state index in [1.54, 1.807) is 12.1 Å². The fourth-order valence-electron chi connectivity index (χ4n) is 3.53. The van der Waals surface area contributed by atoms with Gasteiger partial charge in [-0.05, 0) is 55.9 Å². The van der Waals surface area contributed by atoms with Crippen LogP contribution in [0.2, 0.25) is 0 Å². The molecule has 126 valence electrons. The molecule has 1 aliphatic rings. The molecular formula is C22H31F. The fourth-order valence-corrected chi connectivity index (χ4v) is 3.53. The van der Waals surface area contributed by atoms with E-state index in [0.717, 1.165) is 11.5 Å². The second kappa shape index (κ2) is 10.5. The molecular weight excluding hydrogens is 283 g/mol. The monoisotopic (exact) mass is 314 g/mol. The van der Waals surface area contributed by atoms with Crippen molar-refractivity contribution in [2.24, 2.45) is 11.8 Å². The molecule has 1 fully saturated rings. The summed E-state index contributed by atoms with van der Waals surface area (Å²) in [7, 11) is 0. The average Bonchev–Trinajstić information content (AvgIpc) is 2.58. The summed E-state index contributed by atoms with van der Waals surface area (Å²) >= 11 is 0. The number of hydrogen-bond acceptors (Lipinski definition) is 0. The summed E-state index contributed by atoms with van der Waals surface area (Å²) in [5, 5.41) is 0. The molecule has 0 saturated heterocycles. The molecule has 0 radical (unpaired) electrons. The van der Waals surface area contributed by atoms with Crippen molar-refractivity contribution in [3.05, 3.63) is 35.6 Å². The number of rotatable bonds is 7. The molecule has 0 nitrogen and oxygen atoms in total. The third-order valence-corrected chi connectivity index (χ3v) is 5.08. The highest BCUT2D eigenvalue weighted by molar-refractivity contribution is 5.34. The van der Waals surface area contributed by atoms with Gasteiger partial charge in [-0.25, -0.2) is 4.39 Å². The van der Waals surface area contributed by atoms with Gasteiger partial charge in [-0.1, -0.05) is 63.7 Å². The highest BCUT2D eigenvalue weighted by Gasteiger charge is 2.19. The first-order chi connectivity index (χ1) is 11.3. The first kappa shape index (κ1) is 18.1. The molecule has 1 aliphatic carbocycles. The van der Waals surface area contributed by atoms with E-state index in [1.165, 1.54) is 82.8 Å². The average molecular weight is 314 g/mol. The first-order valence-corrected chi connectivity index (χ1v) is 9.55. The number of hydrogen-bond donors (Lipinski definition) is 0. The fraction of sp³-hybridized carbons (Fsp3) is 0.636. The minimum atomic E-state index is -0.189. The van der Waals surface area contributed by atoms with E-state index in [4.69, 9.17) is 0 Å². The van der Waals surface area contributed by atoms with Crippen LogP contribution in [0.25, 0.3) is 0 Å². The van der Waals surface area contributed by atoms with Crippen molar-refractivity contribution in [2.45, 2.75) is 77.6 Å². The quantitative estimate of drug-likeness (QED) is 0.386. The molecule has 0 spiro atoms. The van der Waals surface area contributed by atoms with Gasteiger partial charge in [-0.2, -0.15) is 0 Å². The maximum Gasteiger partial charge on any atom is 0.123 e. The van der Waals surface area contributed by atoms with Gasteiger partial charge in [0.1, 0.15) is 5.82 Å². The van der Waals surface area contributed by atoms with Gasteiger partial charge < -0.3 is 0 Å². The van der Waals surface area contributed by atoms with Crippen LogP contribution in [-0.4, -0.2) is 0 Å². The maximum atomic E-state index is 12.9. The molecule has 1 saturated carbocycles. The highest BCUT2D eigenvalue weighted by Crippen LogP contribution is 2.31. The van der Waals surface area contributed by atoms with Gasteiger partial charge in [0.25, 0.3) is 0 Å². The van der Waals surface area contributed by atoms with E-state index in [-0.39, 0.29) is 5.82 Å². The van der Waals surface area contributed by atoms with Crippen molar-refractivity contribution in [1.82, 2.24) is 0 Å². The molecule has 0 heterocycles. The zero-order chi connectivity index (χ0) is 16.3. The van der Waals surface area contributed by atoms with Crippen LogP contribution in [-0.2, 0) is 0 Å². The molecule has 0 N–H and O–H groups in total. The van der Waals surface area contributed by atoms with Gasteiger partial charge in [0.15, 0.2) is 0 Å². The molecule has 0 unspecified atom stereocenters. The molecule has 0 aromatic heterocycles. The van der Waals surface area contributed by atoms with Crippen molar-refractivity contribution < 1.29 is 4.39 Å². The second-order valence-corrected chi connectivity index (χ2v) is 7.05.